The maximum Gasteiger partial charge on any atom is 0.323 e. The van der Waals surface area contributed by atoms with Crippen molar-refractivity contribution in [1.82, 2.24) is 5.09 Å². The van der Waals surface area contributed by atoms with Crippen molar-refractivity contribution in [3.05, 3.63) is 30.3 Å². The van der Waals surface area contributed by atoms with E-state index in [4.69, 9.17) is 4.52 Å². The van der Waals surface area contributed by atoms with E-state index in [1.165, 1.54) is 7.11 Å². The number of nitrogens with one attached hydrogen (secondary N) is 1. The quantitative estimate of drug-likeness (QED) is 0.616. The van der Waals surface area contributed by atoms with Crippen molar-refractivity contribution < 1.29 is 18.6 Å². The van der Waals surface area contributed by atoms with E-state index in [-0.39, 0.29) is 5.92 Å². The number of hydrogen-bond donors (Lipinski definition) is 1. The van der Waals surface area contributed by atoms with Gasteiger partial charge in [-0.05, 0) is 24.5 Å². The summed E-state index contributed by atoms with van der Waals surface area (Å²) in [5, 5.41) is 2.70. The smallest absolute Gasteiger partial charge is 0.323 e. The molecule has 0 aliphatic carbocycles. The molecule has 1 unspecified atom stereocenters. The highest BCUT2D eigenvalue weighted by Gasteiger charge is 2.22. The topological polar surface area (TPSA) is 64.6 Å². The van der Waals surface area contributed by atoms with Gasteiger partial charge in [-0.15, -0.1) is 0 Å². The lowest BCUT2D eigenvalue weighted by molar-refractivity contribution is -0.143. The second kappa shape index (κ2) is 7.97. The zero-order chi connectivity index (χ0) is 14.3. The summed E-state index contributed by atoms with van der Waals surface area (Å²) < 4.78 is 21.8. The Kier molecular flexibility index (Phi) is 6.60. The van der Waals surface area contributed by atoms with Crippen molar-refractivity contribution in [3.63, 3.8) is 0 Å². The van der Waals surface area contributed by atoms with E-state index in [1.54, 1.807) is 24.3 Å². The minimum atomic E-state index is -2.54. The Bertz CT molecular complexity index is 422. The van der Waals surface area contributed by atoms with Gasteiger partial charge in [0.25, 0.3) is 0 Å². The molecule has 0 radical (unpaired) electrons. The van der Waals surface area contributed by atoms with E-state index >= 15 is 0 Å². The molecule has 1 aromatic rings. The van der Waals surface area contributed by atoms with Crippen LogP contribution in [0.5, 0.6) is 5.75 Å². The Balaban J connectivity index is 2.58. The Morgan fingerprint density at radius 2 is 1.95 bits per heavy atom. The number of esters is 1. The van der Waals surface area contributed by atoms with Crippen LogP contribution in [0, 0.1) is 5.92 Å². The monoisotopic (exact) mass is 285 g/mol. The molecule has 0 aliphatic rings. The largest absolute Gasteiger partial charge is 0.468 e. The van der Waals surface area contributed by atoms with E-state index < -0.39 is 20.2 Å². The van der Waals surface area contributed by atoms with Crippen LogP contribution in [-0.4, -0.2) is 19.1 Å². The van der Waals surface area contributed by atoms with Gasteiger partial charge in [-0.1, -0.05) is 32.0 Å². The molecule has 19 heavy (non-hydrogen) atoms. The lowest BCUT2D eigenvalue weighted by Crippen LogP contribution is -2.35. The average molecular weight is 285 g/mol. The highest BCUT2D eigenvalue weighted by Crippen LogP contribution is 2.24. The SMILES string of the molecule is COC(=O)[C@H](CC(C)C)N[PH](=O)Oc1ccccc1. The minimum Gasteiger partial charge on any atom is -0.468 e. The fraction of sp³-hybridized carbons (Fsp3) is 0.462. The number of carbonyl (C=O) groups excluding carboxylic acids is 1. The summed E-state index contributed by atoms with van der Waals surface area (Å²) in [5.41, 5.74) is 0. The third-order valence-corrected chi connectivity index (χ3v) is 3.44. The zero-order valence-corrected chi connectivity index (χ0v) is 12.4. The molecule has 106 valence electrons. The lowest BCUT2D eigenvalue weighted by atomic mass is 10.1. The first-order valence-electron chi connectivity index (χ1n) is 6.14. The van der Waals surface area contributed by atoms with Crippen LogP contribution in [0.1, 0.15) is 20.3 Å². The number of hydrogen-bond acceptors (Lipinski definition) is 4. The van der Waals surface area contributed by atoms with E-state index in [0.29, 0.717) is 12.2 Å². The molecule has 1 rings (SSSR count). The normalized spacial score (nSPS) is 13.9. The van der Waals surface area contributed by atoms with Crippen LogP contribution < -0.4 is 9.61 Å². The van der Waals surface area contributed by atoms with Crippen LogP contribution >= 0.6 is 8.18 Å². The summed E-state index contributed by atoms with van der Waals surface area (Å²) in [6.45, 7) is 3.96. The molecule has 0 aliphatic heterocycles. The molecule has 0 aromatic heterocycles. The molecule has 0 amide bonds. The molecule has 6 heteroatoms. The fourth-order valence-electron chi connectivity index (χ4n) is 1.60. The maximum absolute atomic E-state index is 11.9. The van der Waals surface area contributed by atoms with E-state index in [2.05, 4.69) is 9.82 Å². The van der Waals surface area contributed by atoms with E-state index in [1.807, 2.05) is 19.9 Å². The van der Waals surface area contributed by atoms with Crippen molar-refractivity contribution in [2.75, 3.05) is 7.11 Å². The Morgan fingerprint density at radius 3 is 2.47 bits per heavy atom. The lowest BCUT2D eigenvalue weighted by Gasteiger charge is -2.18. The first kappa shape index (κ1) is 15.7. The Hall–Kier alpha value is -1.32. The maximum atomic E-state index is 11.9. The zero-order valence-electron chi connectivity index (χ0n) is 11.4. The Labute approximate surface area is 114 Å². The minimum absolute atomic E-state index is 0.281. The number of carbonyl (C=O) groups is 1. The highest BCUT2D eigenvalue weighted by molar-refractivity contribution is 7.37. The first-order valence-corrected chi connectivity index (χ1v) is 7.45. The van der Waals surface area contributed by atoms with Gasteiger partial charge in [-0.2, -0.15) is 0 Å². The van der Waals surface area contributed by atoms with Crippen LogP contribution in [0.15, 0.2) is 30.3 Å². The molecule has 0 saturated heterocycles. The van der Waals surface area contributed by atoms with Crippen molar-refractivity contribution in [2.45, 2.75) is 26.3 Å². The van der Waals surface area contributed by atoms with Gasteiger partial charge < -0.3 is 9.26 Å². The summed E-state index contributed by atoms with van der Waals surface area (Å²) in [6.07, 6.45) is 0.543. The number of benzene rings is 1. The summed E-state index contributed by atoms with van der Waals surface area (Å²) in [5.74, 6) is 0.360. The van der Waals surface area contributed by atoms with E-state index in [9.17, 15) is 9.36 Å². The molecule has 0 spiro atoms. The van der Waals surface area contributed by atoms with E-state index in [0.717, 1.165) is 0 Å². The number of para-hydroxylation sites is 1. The van der Waals surface area contributed by atoms with Gasteiger partial charge in [0.05, 0.1) is 7.11 Å². The molecule has 2 atom stereocenters. The van der Waals surface area contributed by atoms with Gasteiger partial charge in [0, 0.05) is 0 Å². The third-order valence-electron chi connectivity index (χ3n) is 2.44. The molecule has 5 nitrogen and oxygen atoms in total. The standard InChI is InChI=1S/C13H20NO4P/c1-10(2)9-12(13(15)17-3)14-19(16)18-11-7-5-4-6-8-11/h4-8,10,12,19H,9H2,1-3H3,(H,14,16)/t12-/m0/s1. The van der Waals surface area contributed by atoms with Gasteiger partial charge in [0.1, 0.15) is 11.8 Å². The number of methoxy groups -OCH3 is 1. The van der Waals surface area contributed by atoms with Gasteiger partial charge in [-0.3, -0.25) is 9.36 Å². The predicted molar refractivity (Wildman–Crippen MR) is 74.5 cm³/mol. The Morgan fingerprint density at radius 1 is 1.32 bits per heavy atom. The number of ether oxygens (including phenoxy) is 1. The van der Waals surface area contributed by atoms with Gasteiger partial charge in [0.15, 0.2) is 0 Å². The molecule has 1 aromatic carbocycles. The molecule has 1 N–H and O–H groups in total. The molecular weight excluding hydrogens is 265 g/mol. The molecule has 0 fully saturated rings. The molecule has 0 heterocycles. The summed E-state index contributed by atoms with van der Waals surface area (Å²) in [4.78, 5) is 11.6. The van der Waals surface area contributed by atoms with Crippen molar-refractivity contribution in [2.24, 2.45) is 5.92 Å². The van der Waals surface area contributed by atoms with Crippen LogP contribution in [0.2, 0.25) is 0 Å². The molecule has 0 bridgehead atoms. The van der Waals surface area contributed by atoms with Gasteiger partial charge in [-0.25, -0.2) is 5.09 Å². The second-order valence-electron chi connectivity index (χ2n) is 4.55. The fourth-order valence-corrected chi connectivity index (χ4v) is 2.52. The van der Waals surface area contributed by atoms with Crippen molar-refractivity contribution in [3.8, 4) is 5.75 Å². The van der Waals surface area contributed by atoms with Crippen LogP contribution in [0.4, 0.5) is 0 Å². The summed E-state index contributed by atoms with van der Waals surface area (Å²) >= 11 is 0. The average Bonchev–Trinajstić information content (AvgIpc) is 2.37. The molecular formula is C13H20NO4P. The van der Waals surface area contributed by atoms with Crippen molar-refractivity contribution >= 4 is 14.1 Å². The first-order chi connectivity index (χ1) is 9.02. The van der Waals surface area contributed by atoms with Crippen LogP contribution in [0.3, 0.4) is 0 Å². The summed E-state index contributed by atoms with van der Waals surface area (Å²) in [6, 6.07) is 8.22. The third kappa shape index (κ3) is 5.90. The highest BCUT2D eigenvalue weighted by atomic mass is 31.1. The van der Waals surface area contributed by atoms with Crippen LogP contribution in [0.25, 0.3) is 0 Å². The van der Waals surface area contributed by atoms with Gasteiger partial charge >= 0.3 is 14.1 Å². The number of rotatable bonds is 7. The van der Waals surface area contributed by atoms with Crippen molar-refractivity contribution in [1.29, 1.82) is 0 Å². The predicted octanol–water partition coefficient (Wildman–Crippen LogP) is 2.63. The summed E-state index contributed by atoms with van der Waals surface area (Å²) in [7, 11) is -1.23. The second-order valence-corrected chi connectivity index (χ2v) is 5.62. The molecule has 0 saturated carbocycles. The van der Waals surface area contributed by atoms with Gasteiger partial charge in [0.2, 0.25) is 0 Å². The van der Waals surface area contributed by atoms with Crippen LogP contribution in [-0.2, 0) is 14.1 Å².